The molecular weight excluding hydrogens is 544 g/mol. The van der Waals surface area contributed by atoms with Gasteiger partial charge in [0.2, 0.25) is 5.91 Å². The van der Waals surface area contributed by atoms with Crippen LogP contribution in [0.3, 0.4) is 0 Å². The summed E-state index contributed by atoms with van der Waals surface area (Å²) in [4.78, 5) is 33.0. The van der Waals surface area contributed by atoms with E-state index in [2.05, 4.69) is 5.43 Å². The van der Waals surface area contributed by atoms with Crippen molar-refractivity contribution in [2.75, 3.05) is 40.0 Å². The van der Waals surface area contributed by atoms with E-state index in [0.29, 0.717) is 60.8 Å². The number of fused-ring (bicyclic) bond motifs is 1. The van der Waals surface area contributed by atoms with Crippen LogP contribution in [0.2, 0.25) is 0 Å². The highest BCUT2D eigenvalue weighted by Gasteiger charge is 2.41. The Hall–Kier alpha value is -3.80. The SMILES string of the molecule is CCOC(=O)C1=C(C)N=C2SC=C(CC(=O)NN3CCOCC3)N2C1c1ccc(OCc2ccccc2)c(OC)c1. The summed E-state index contributed by atoms with van der Waals surface area (Å²) >= 11 is 1.43. The topological polar surface area (TPSA) is 102 Å². The normalized spacial score (nSPS) is 18.8. The Kier molecular flexibility index (Phi) is 9.28. The van der Waals surface area contributed by atoms with E-state index < -0.39 is 12.0 Å². The molecule has 3 heterocycles. The number of amidine groups is 1. The molecule has 1 atom stereocenters. The van der Waals surface area contributed by atoms with Crippen LogP contribution in [0.1, 0.15) is 37.4 Å². The van der Waals surface area contributed by atoms with Gasteiger partial charge in [0, 0.05) is 18.8 Å². The Morgan fingerprint density at radius 3 is 2.63 bits per heavy atom. The predicted octanol–water partition coefficient (Wildman–Crippen LogP) is 4.17. The van der Waals surface area contributed by atoms with Gasteiger partial charge in [0.1, 0.15) is 6.61 Å². The first kappa shape index (κ1) is 28.7. The number of nitrogens with one attached hydrogen (secondary N) is 1. The van der Waals surface area contributed by atoms with Gasteiger partial charge in [-0.05, 0) is 42.5 Å². The van der Waals surface area contributed by atoms with Crippen LogP contribution >= 0.6 is 11.8 Å². The average Bonchev–Trinajstić information content (AvgIpc) is 3.37. The molecule has 0 saturated carbocycles. The molecule has 41 heavy (non-hydrogen) atoms. The smallest absolute Gasteiger partial charge is 0.338 e. The Labute approximate surface area is 243 Å². The number of benzene rings is 2. The molecule has 2 aromatic carbocycles. The van der Waals surface area contributed by atoms with Gasteiger partial charge in [-0.2, -0.15) is 0 Å². The van der Waals surface area contributed by atoms with E-state index in [1.807, 2.05) is 70.8 Å². The quantitative estimate of drug-likeness (QED) is 0.416. The number of amides is 1. The molecule has 1 amide bonds. The molecule has 2 aromatic rings. The molecule has 0 bridgehead atoms. The number of thioether (sulfide) groups is 1. The summed E-state index contributed by atoms with van der Waals surface area (Å²) in [6, 6.07) is 14.9. The third-order valence-electron chi connectivity index (χ3n) is 6.87. The third-order valence-corrected chi connectivity index (χ3v) is 7.76. The first-order valence-corrected chi connectivity index (χ1v) is 14.4. The first-order valence-electron chi connectivity index (χ1n) is 13.6. The minimum absolute atomic E-state index is 0.116. The Morgan fingerprint density at radius 2 is 1.90 bits per heavy atom. The van der Waals surface area contributed by atoms with E-state index in [1.165, 1.54) is 11.8 Å². The number of morpholine rings is 1. The van der Waals surface area contributed by atoms with E-state index in [4.69, 9.17) is 23.9 Å². The van der Waals surface area contributed by atoms with Crippen molar-refractivity contribution < 1.29 is 28.5 Å². The molecule has 0 radical (unpaired) electrons. The zero-order valence-electron chi connectivity index (χ0n) is 23.4. The fraction of sp³-hybridized carbons (Fsp3) is 0.367. The van der Waals surface area contributed by atoms with E-state index >= 15 is 0 Å². The van der Waals surface area contributed by atoms with Crippen molar-refractivity contribution >= 4 is 28.8 Å². The Balaban J connectivity index is 1.44. The van der Waals surface area contributed by atoms with E-state index in [1.54, 1.807) is 14.0 Å². The van der Waals surface area contributed by atoms with Crippen molar-refractivity contribution in [1.82, 2.24) is 15.3 Å². The molecule has 3 aliphatic rings. The summed E-state index contributed by atoms with van der Waals surface area (Å²) in [5.41, 5.74) is 6.51. The number of nitrogens with zero attached hydrogens (tertiary/aromatic N) is 3. The highest BCUT2D eigenvalue weighted by Crippen LogP contribution is 2.46. The van der Waals surface area contributed by atoms with Crippen LogP contribution in [0.5, 0.6) is 11.5 Å². The second kappa shape index (κ2) is 13.2. The highest BCUT2D eigenvalue weighted by atomic mass is 32.2. The van der Waals surface area contributed by atoms with Crippen molar-refractivity contribution in [3.05, 3.63) is 82.0 Å². The van der Waals surface area contributed by atoms with Gasteiger partial charge in [0.25, 0.3) is 0 Å². The van der Waals surface area contributed by atoms with Crippen molar-refractivity contribution in [3.8, 4) is 11.5 Å². The van der Waals surface area contributed by atoms with Crippen molar-refractivity contribution in [3.63, 3.8) is 0 Å². The van der Waals surface area contributed by atoms with E-state index in [-0.39, 0.29) is 18.9 Å². The second-order valence-electron chi connectivity index (χ2n) is 9.61. The summed E-state index contributed by atoms with van der Waals surface area (Å²) in [7, 11) is 1.59. The molecule has 0 aromatic heterocycles. The number of carbonyl (C=O) groups excluding carboxylic acids is 2. The summed E-state index contributed by atoms with van der Waals surface area (Å²) in [5, 5.41) is 4.48. The predicted molar refractivity (Wildman–Crippen MR) is 156 cm³/mol. The van der Waals surface area contributed by atoms with Crippen LogP contribution in [-0.2, 0) is 25.7 Å². The molecule has 1 unspecified atom stereocenters. The van der Waals surface area contributed by atoms with Gasteiger partial charge in [-0.15, -0.1) is 0 Å². The average molecular weight is 579 g/mol. The number of rotatable bonds is 10. The molecular formula is C30H34N4O6S. The number of hydrogen-bond donors (Lipinski definition) is 1. The number of aliphatic imine (C=N–C) groups is 1. The van der Waals surface area contributed by atoms with Gasteiger partial charge in [-0.25, -0.2) is 14.8 Å². The van der Waals surface area contributed by atoms with Gasteiger partial charge in [-0.1, -0.05) is 48.2 Å². The van der Waals surface area contributed by atoms with Gasteiger partial charge >= 0.3 is 5.97 Å². The van der Waals surface area contributed by atoms with Crippen LogP contribution in [0.4, 0.5) is 0 Å². The first-order chi connectivity index (χ1) is 20.0. The number of ether oxygens (including phenoxy) is 4. The van der Waals surface area contributed by atoms with E-state index in [9.17, 15) is 9.59 Å². The summed E-state index contributed by atoms with van der Waals surface area (Å²) < 4.78 is 22.6. The van der Waals surface area contributed by atoms with Crippen LogP contribution < -0.4 is 14.9 Å². The van der Waals surface area contributed by atoms with Gasteiger partial charge in [0.05, 0.1) is 50.7 Å². The molecule has 1 N–H and O–H groups in total. The standard InChI is InChI=1S/C30H34N4O6S/c1-4-39-29(36)27-20(2)31-30-34(23(19-41-30)17-26(35)32-33-12-14-38-15-13-33)28(27)22-10-11-24(25(16-22)37-3)40-18-21-8-6-5-7-9-21/h5-11,16,19,28H,4,12-15,17-18H2,1-3H3,(H,32,35). The van der Waals surface area contributed by atoms with Crippen LogP contribution in [-0.4, -0.2) is 67.0 Å². The lowest BCUT2D eigenvalue weighted by Crippen LogP contribution is -2.48. The number of hydrogen-bond acceptors (Lipinski definition) is 10. The molecule has 1 saturated heterocycles. The molecule has 10 nitrogen and oxygen atoms in total. The molecule has 216 valence electrons. The lowest BCUT2D eigenvalue weighted by molar-refractivity contribution is -0.139. The lowest BCUT2D eigenvalue weighted by atomic mass is 9.93. The molecule has 0 spiro atoms. The minimum atomic E-state index is -0.573. The van der Waals surface area contributed by atoms with Crippen molar-refractivity contribution in [2.45, 2.75) is 32.9 Å². The van der Waals surface area contributed by atoms with E-state index in [0.717, 1.165) is 16.8 Å². The lowest BCUT2D eigenvalue weighted by Gasteiger charge is -2.36. The highest BCUT2D eigenvalue weighted by molar-refractivity contribution is 8.16. The number of allylic oxidation sites excluding steroid dienone is 1. The molecule has 3 aliphatic heterocycles. The van der Waals surface area contributed by atoms with Gasteiger partial charge < -0.3 is 23.8 Å². The maximum Gasteiger partial charge on any atom is 0.338 e. The molecule has 0 aliphatic carbocycles. The Bertz CT molecular complexity index is 1370. The number of hydrazine groups is 1. The van der Waals surface area contributed by atoms with Crippen LogP contribution in [0.15, 0.2) is 75.9 Å². The van der Waals surface area contributed by atoms with Crippen LogP contribution in [0.25, 0.3) is 0 Å². The fourth-order valence-electron chi connectivity index (χ4n) is 4.92. The monoisotopic (exact) mass is 578 g/mol. The minimum Gasteiger partial charge on any atom is -0.493 e. The zero-order chi connectivity index (χ0) is 28.8. The maximum atomic E-state index is 13.3. The largest absolute Gasteiger partial charge is 0.493 e. The Morgan fingerprint density at radius 1 is 1.12 bits per heavy atom. The zero-order valence-corrected chi connectivity index (χ0v) is 24.2. The number of carbonyl (C=O) groups is 2. The second-order valence-corrected chi connectivity index (χ2v) is 10.4. The van der Waals surface area contributed by atoms with Crippen LogP contribution in [0, 0.1) is 0 Å². The maximum absolute atomic E-state index is 13.3. The van der Waals surface area contributed by atoms with Gasteiger partial charge in [-0.3, -0.25) is 10.2 Å². The van der Waals surface area contributed by atoms with Crippen molar-refractivity contribution in [2.24, 2.45) is 4.99 Å². The third kappa shape index (κ3) is 6.58. The molecule has 11 heteroatoms. The van der Waals surface area contributed by atoms with Crippen molar-refractivity contribution in [1.29, 1.82) is 0 Å². The van der Waals surface area contributed by atoms with Gasteiger partial charge in [0.15, 0.2) is 16.7 Å². The molecule has 1 fully saturated rings. The number of methoxy groups -OCH3 is 1. The number of esters is 1. The summed E-state index contributed by atoms with van der Waals surface area (Å²) in [6.07, 6.45) is 0.116. The fourth-order valence-corrected chi connectivity index (χ4v) is 5.88. The summed E-state index contributed by atoms with van der Waals surface area (Å²) in [5.74, 6) is 0.519. The molecule has 5 rings (SSSR count). The summed E-state index contributed by atoms with van der Waals surface area (Å²) in [6.45, 7) is 6.61.